The third-order valence-corrected chi connectivity index (χ3v) is 3.92. The van der Waals surface area contributed by atoms with Gasteiger partial charge in [-0.05, 0) is 43.8 Å². The van der Waals surface area contributed by atoms with Crippen LogP contribution in [-0.2, 0) is 9.59 Å². The molecule has 1 unspecified atom stereocenters. The standard InChI is InChI=1S/C16H22N2O3/c19-14(7-6-12-8-10-17-11-9-12)18-15(16(20)21)13-4-2-1-3-5-13/h1-5,12,15,17H,6-11H2,(H,18,19)(H,20,21). The number of carboxylic acid groups (broad SMARTS) is 1. The number of benzene rings is 1. The average molecular weight is 290 g/mol. The second-order valence-electron chi connectivity index (χ2n) is 5.48. The largest absolute Gasteiger partial charge is 0.479 e. The van der Waals surface area contributed by atoms with Crippen molar-refractivity contribution in [3.8, 4) is 0 Å². The minimum Gasteiger partial charge on any atom is -0.479 e. The van der Waals surface area contributed by atoms with Crippen molar-refractivity contribution in [3.05, 3.63) is 35.9 Å². The normalized spacial score (nSPS) is 17.1. The Bertz CT molecular complexity index is 470. The molecule has 1 amide bonds. The molecule has 1 aromatic carbocycles. The Morgan fingerprint density at radius 1 is 1.24 bits per heavy atom. The van der Waals surface area contributed by atoms with Crippen LogP contribution in [0.5, 0.6) is 0 Å². The van der Waals surface area contributed by atoms with Crippen molar-refractivity contribution in [1.82, 2.24) is 10.6 Å². The van der Waals surface area contributed by atoms with Crippen molar-refractivity contribution < 1.29 is 14.7 Å². The molecule has 1 saturated heterocycles. The summed E-state index contributed by atoms with van der Waals surface area (Å²) in [5.41, 5.74) is 0.597. The number of hydrogen-bond acceptors (Lipinski definition) is 3. The first-order valence-corrected chi connectivity index (χ1v) is 7.44. The maximum absolute atomic E-state index is 12.0. The Labute approximate surface area is 124 Å². The van der Waals surface area contributed by atoms with Crippen LogP contribution in [0.25, 0.3) is 0 Å². The Hall–Kier alpha value is -1.88. The quantitative estimate of drug-likeness (QED) is 0.745. The molecule has 0 radical (unpaired) electrons. The summed E-state index contributed by atoms with van der Waals surface area (Å²) >= 11 is 0. The SMILES string of the molecule is O=C(CCC1CCNCC1)NC(C(=O)O)c1ccccc1. The molecule has 1 heterocycles. The first kappa shape index (κ1) is 15.5. The van der Waals surface area contributed by atoms with Gasteiger partial charge in [0.05, 0.1) is 0 Å². The second-order valence-corrected chi connectivity index (χ2v) is 5.48. The Kier molecular flexibility index (Phi) is 5.75. The maximum Gasteiger partial charge on any atom is 0.330 e. The van der Waals surface area contributed by atoms with E-state index in [2.05, 4.69) is 10.6 Å². The van der Waals surface area contributed by atoms with Gasteiger partial charge in [0.25, 0.3) is 0 Å². The van der Waals surface area contributed by atoms with Gasteiger partial charge in [0, 0.05) is 6.42 Å². The smallest absolute Gasteiger partial charge is 0.330 e. The fourth-order valence-corrected chi connectivity index (χ4v) is 2.67. The van der Waals surface area contributed by atoms with E-state index < -0.39 is 12.0 Å². The summed E-state index contributed by atoms with van der Waals surface area (Å²) in [6, 6.07) is 7.82. The zero-order valence-electron chi connectivity index (χ0n) is 12.0. The highest BCUT2D eigenvalue weighted by molar-refractivity contribution is 5.84. The van der Waals surface area contributed by atoms with Crippen molar-refractivity contribution in [2.24, 2.45) is 5.92 Å². The maximum atomic E-state index is 12.0. The van der Waals surface area contributed by atoms with Gasteiger partial charge in [0.1, 0.15) is 0 Å². The van der Waals surface area contributed by atoms with Crippen molar-refractivity contribution in [2.45, 2.75) is 31.7 Å². The molecule has 5 nitrogen and oxygen atoms in total. The van der Waals surface area contributed by atoms with Gasteiger partial charge in [-0.1, -0.05) is 30.3 Å². The van der Waals surface area contributed by atoms with Crippen LogP contribution in [0.15, 0.2) is 30.3 Å². The summed E-state index contributed by atoms with van der Waals surface area (Å²) in [6.45, 7) is 2.02. The van der Waals surface area contributed by atoms with E-state index in [-0.39, 0.29) is 5.91 Å². The van der Waals surface area contributed by atoms with Crippen LogP contribution in [0, 0.1) is 5.92 Å². The molecule has 1 aromatic rings. The van der Waals surface area contributed by atoms with Crippen LogP contribution in [-0.4, -0.2) is 30.1 Å². The third kappa shape index (κ3) is 4.86. The molecule has 1 aliphatic rings. The molecular weight excluding hydrogens is 268 g/mol. The molecule has 21 heavy (non-hydrogen) atoms. The minimum absolute atomic E-state index is 0.190. The molecule has 0 saturated carbocycles. The summed E-state index contributed by atoms with van der Waals surface area (Å²) in [4.78, 5) is 23.3. The van der Waals surface area contributed by atoms with Crippen molar-refractivity contribution in [2.75, 3.05) is 13.1 Å². The number of carboxylic acids is 1. The summed E-state index contributed by atoms with van der Waals surface area (Å²) in [5, 5.41) is 15.2. The van der Waals surface area contributed by atoms with Gasteiger partial charge >= 0.3 is 5.97 Å². The molecule has 1 atom stereocenters. The number of aliphatic carboxylic acids is 1. The molecule has 1 fully saturated rings. The van der Waals surface area contributed by atoms with E-state index in [4.69, 9.17) is 0 Å². The van der Waals surface area contributed by atoms with Gasteiger partial charge in [-0.3, -0.25) is 4.79 Å². The fourth-order valence-electron chi connectivity index (χ4n) is 2.67. The second kappa shape index (κ2) is 7.78. The number of carbonyl (C=O) groups excluding carboxylic acids is 1. The summed E-state index contributed by atoms with van der Waals surface area (Å²) < 4.78 is 0. The first-order chi connectivity index (χ1) is 10.2. The number of amides is 1. The third-order valence-electron chi connectivity index (χ3n) is 3.92. The molecule has 114 valence electrons. The Balaban J connectivity index is 1.85. The number of nitrogens with one attached hydrogen (secondary N) is 2. The monoisotopic (exact) mass is 290 g/mol. The van der Waals surface area contributed by atoms with E-state index in [1.807, 2.05) is 6.07 Å². The van der Waals surface area contributed by atoms with Crippen LogP contribution in [0.4, 0.5) is 0 Å². The van der Waals surface area contributed by atoms with E-state index in [1.165, 1.54) is 0 Å². The molecule has 3 N–H and O–H groups in total. The molecule has 2 rings (SSSR count). The molecule has 0 spiro atoms. The van der Waals surface area contributed by atoms with Crippen molar-refractivity contribution >= 4 is 11.9 Å². The molecule has 0 bridgehead atoms. The minimum atomic E-state index is -1.03. The molecule has 0 aliphatic carbocycles. The molecular formula is C16H22N2O3. The van der Waals surface area contributed by atoms with Crippen LogP contribution >= 0.6 is 0 Å². The molecule has 1 aliphatic heterocycles. The summed E-state index contributed by atoms with van der Waals surface area (Å²) in [6.07, 6.45) is 3.40. The summed E-state index contributed by atoms with van der Waals surface area (Å²) in [7, 11) is 0. The van der Waals surface area contributed by atoms with Gasteiger partial charge in [-0.2, -0.15) is 0 Å². The highest BCUT2D eigenvalue weighted by Crippen LogP contribution is 2.18. The lowest BCUT2D eigenvalue weighted by Gasteiger charge is -2.22. The average Bonchev–Trinajstić information content (AvgIpc) is 2.52. The zero-order chi connectivity index (χ0) is 15.1. The zero-order valence-corrected chi connectivity index (χ0v) is 12.0. The van der Waals surface area contributed by atoms with E-state index in [0.717, 1.165) is 32.4 Å². The van der Waals surface area contributed by atoms with Gasteiger partial charge in [-0.25, -0.2) is 4.79 Å². The number of rotatable bonds is 6. The lowest BCUT2D eigenvalue weighted by Crippen LogP contribution is -2.34. The number of piperidine rings is 1. The van der Waals surface area contributed by atoms with E-state index in [9.17, 15) is 14.7 Å². The molecule has 0 aromatic heterocycles. The van der Waals surface area contributed by atoms with Crippen molar-refractivity contribution in [1.29, 1.82) is 0 Å². The fraction of sp³-hybridized carbons (Fsp3) is 0.500. The predicted molar refractivity (Wildman–Crippen MR) is 79.8 cm³/mol. The Morgan fingerprint density at radius 2 is 1.90 bits per heavy atom. The molecule has 5 heteroatoms. The van der Waals surface area contributed by atoms with Crippen LogP contribution in [0.2, 0.25) is 0 Å². The predicted octanol–water partition coefficient (Wildman–Crippen LogP) is 1.71. The summed E-state index contributed by atoms with van der Waals surface area (Å²) in [5.74, 6) is -0.654. The van der Waals surface area contributed by atoms with Gasteiger partial charge < -0.3 is 15.7 Å². The number of carbonyl (C=O) groups is 2. The van der Waals surface area contributed by atoms with E-state index in [0.29, 0.717) is 17.9 Å². The number of hydrogen-bond donors (Lipinski definition) is 3. The van der Waals surface area contributed by atoms with Gasteiger partial charge in [0.2, 0.25) is 5.91 Å². The van der Waals surface area contributed by atoms with Gasteiger partial charge in [0.15, 0.2) is 6.04 Å². The topological polar surface area (TPSA) is 78.4 Å². The highest BCUT2D eigenvalue weighted by Gasteiger charge is 2.22. The van der Waals surface area contributed by atoms with Crippen LogP contribution < -0.4 is 10.6 Å². The van der Waals surface area contributed by atoms with Crippen LogP contribution in [0.1, 0.15) is 37.3 Å². The highest BCUT2D eigenvalue weighted by atomic mass is 16.4. The Morgan fingerprint density at radius 3 is 2.52 bits per heavy atom. The van der Waals surface area contributed by atoms with Crippen molar-refractivity contribution in [3.63, 3.8) is 0 Å². The van der Waals surface area contributed by atoms with E-state index >= 15 is 0 Å². The lowest BCUT2D eigenvalue weighted by molar-refractivity contribution is -0.142. The van der Waals surface area contributed by atoms with Gasteiger partial charge in [-0.15, -0.1) is 0 Å². The first-order valence-electron chi connectivity index (χ1n) is 7.44. The van der Waals surface area contributed by atoms with Crippen LogP contribution in [0.3, 0.4) is 0 Å². The lowest BCUT2D eigenvalue weighted by atomic mass is 9.93. The van der Waals surface area contributed by atoms with E-state index in [1.54, 1.807) is 24.3 Å².